The summed E-state index contributed by atoms with van der Waals surface area (Å²) in [5.41, 5.74) is -0.0153. The van der Waals surface area contributed by atoms with Gasteiger partial charge in [0.1, 0.15) is 5.69 Å². The van der Waals surface area contributed by atoms with Crippen molar-refractivity contribution in [2.75, 3.05) is 32.1 Å². The van der Waals surface area contributed by atoms with Crippen LogP contribution in [0, 0.1) is 16.0 Å². The van der Waals surface area contributed by atoms with E-state index in [1.54, 1.807) is 11.8 Å². The van der Waals surface area contributed by atoms with Crippen molar-refractivity contribution >= 4 is 29.2 Å². The molecule has 1 atom stereocenters. The quantitative estimate of drug-likeness (QED) is 0.413. The van der Waals surface area contributed by atoms with Gasteiger partial charge in [0.05, 0.1) is 23.0 Å². The van der Waals surface area contributed by atoms with E-state index in [4.69, 9.17) is 9.47 Å². The third kappa shape index (κ3) is 5.43. The van der Waals surface area contributed by atoms with Crippen LogP contribution >= 0.6 is 0 Å². The van der Waals surface area contributed by atoms with Gasteiger partial charge >= 0.3 is 11.9 Å². The molecule has 1 aromatic rings. The number of piperidine rings is 1. The lowest BCUT2D eigenvalue weighted by molar-refractivity contribution is -0.384. The Morgan fingerprint density at radius 1 is 1.31 bits per heavy atom. The number of nitrogens with one attached hydrogen (secondary N) is 1. The highest BCUT2D eigenvalue weighted by Crippen LogP contribution is 2.26. The first-order valence-electron chi connectivity index (χ1n) is 9.41. The number of likely N-dealkylation sites (tertiary alicyclic amines) is 1. The summed E-state index contributed by atoms with van der Waals surface area (Å²) in [6, 6.07) is 3.90. The zero-order chi connectivity index (χ0) is 21.6. The van der Waals surface area contributed by atoms with Crippen molar-refractivity contribution in [3.05, 3.63) is 33.9 Å². The molecule has 0 saturated carbocycles. The standard InChI is InChI=1S/C19H25N3O7/c1-4-28-18(24)13-7-9-21(10-8-13)17(23)12(2)29-19(25)14-5-6-15(20-3)16(11-14)22(26)27/h5-6,11-13,20H,4,7-10H2,1-3H3. The Bertz CT molecular complexity index is 788. The number of esters is 2. The van der Waals surface area contributed by atoms with Crippen molar-refractivity contribution in [3.63, 3.8) is 0 Å². The predicted molar refractivity (Wildman–Crippen MR) is 103 cm³/mol. The van der Waals surface area contributed by atoms with Crippen LogP contribution < -0.4 is 5.32 Å². The maximum atomic E-state index is 12.6. The number of nitro groups is 1. The van der Waals surface area contributed by atoms with Gasteiger partial charge in [0.25, 0.3) is 11.6 Å². The van der Waals surface area contributed by atoms with Gasteiger partial charge in [0.15, 0.2) is 6.10 Å². The lowest BCUT2D eigenvalue weighted by atomic mass is 9.97. The van der Waals surface area contributed by atoms with Crippen molar-refractivity contribution in [1.29, 1.82) is 0 Å². The van der Waals surface area contributed by atoms with Crippen molar-refractivity contribution in [3.8, 4) is 0 Å². The van der Waals surface area contributed by atoms with Gasteiger partial charge in [-0.15, -0.1) is 0 Å². The first-order valence-corrected chi connectivity index (χ1v) is 9.41. The van der Waals surface area contributed by atoms with Gasteiger partial charge in [0, 0.05) is 26.2 Å². The molecule has 1 heterocycles. The fourth-order valence-corrected chi connectivity index (χ4v) is 3.15. The average Bonchev–Trinajstić information content (AvgIpc) is 2.72. The molecule has 0 spiro atoms. The molecule has 1 aliphatic rings. The summed E-state index contributed by atoms with van der Waals surface area (Å²) in [6.07, 6.45) is -0.0732. The van der Waals surface area contributed by atoms with Crippen LogP contribution in [0.15, 0.2) is 18.2 Å². The minimum Gasteiger partial charge on any atom is -0.466 e. The molecule has 1 unspecified atom stereocenters. The second kappa shape index (κ2) is 9.85. The van der Waals surface area contributed by atoms with E-state index in [1.165, 1.54) is 26.1 Å². The number of anilines is 1. The number of benzene rings is 1. The minimum atomic E-state index is -1.05. The second-order valence-corrected chi connectivity index (χ2v) is 6.64. The number of hydrogen-bond donors (Lipinski definition) is 1. The van der Waals surface area contributed by atoms with Crippen LogP contribution in [0.1, 0.15) is 37.0 Å². The summed E-state index contributed by atoms with van der Waals surface area (Å²) in [7, 11) is 1.53. The van der Waals surface area contributed by atoms with Crippen LogP contribution in [0.4, 0.5) is 11.4 Å². The molecule has 0 radical (unpaired) electrons. The highest BCUT2D eigenvalue weighted by molar-refractivity contribution is 5.93. The Morgan fingerprint density at radius 3 is 2.52 bits per heavy atom. The normalized spacial score (nSPS) is 15.3. The summed E-state index contributed by atoms with van der Waals surface area (Å²) in [6.45, 7) is 4.25. The van der Waals surface area contributed by atoms with Crippen LogP contribution in [0.2, 0.25) is 0 Å². The molecule has 1 aromatic carbocycles. The lowest BCUT2D eigenvalue weighted by Crippen LogP contribution is -2.45. The number of rotatable bonds is 7. The molecular weight excluding hydrogens is 382 g/mol. The molecule has 1 amide bonds. The van der Waals surface area contributed by atoms with Gasteiger partial charge in [0.2, 0.25) is 0 Å². The Labute approximate surface area is 168 Å². The number of carbonyl (C=O) groups is 3. The highest BCUT2D eigenvalue weighted by atomic mass is 16.6. The summed E-state index contributed by atoms with van der Waals surface area (Å²) in [4.78, 5) is 48.7. The number of amides is 1. The molecule has 29 heavy (non-hydrogen) atoms. The zero-order valence-corrected chi connectivity index (χ0v) is 16.7. The molecule has 1 saturated heterocycles. The molecule has 10 heteroatoms. The Kier molecular flexibility index (Phi) is 7.52. The molecule has 158 valence electrons. The van der Waals surface area contributed by atoms with E-state index in [9.17, 15) is 24.5 Å². The fourth-order valence-electron chi connectivity index (χ4n) is 3.15. The molecule has 0 aliphatic carbocycles. The molecule has 1 fully saturated rings. The molecule has 2 rings (SSSR count). The smallest absolute Gasteiger partial charge is 0.339 e. The van der Waals surface area contributed by atoms with E-state index in [2.05, 4.69) is 5.32 Å². The number of nitro benzene ring substituents is 1. The number of carbonyl (C=O) groups excluding carboxylic acids is 3. The molecule has 10 nitrogen and oxygen atoms in total. The topological polar surface area (TPSA) is 128 Å². The largest absolute Gasteiger partial charge is 0.466 e. The maximum Gasteiger partial charge on any atom is 0.339 e. The maximum absolute atomic E-state index is 12.6. The Hall–Kier alpha value is -3.17. The van der Waals surface area contributed by atoms with Gasteiger partial charge in [-0.05, 0) is 38.8 Å². The summed E-state index contributed by atoms with van der Waals surface area (Å²) >= 11 is 0. The zero-order valence-electron chi connectivity index (χ0n) is 16.7. The van der Waals surface area contributed by atoms with Crippen molar-refractivity contribution in [2.45, 2.75) is 32.8 Å². The van der Waals surface area contributed by atoms with Gasteiger partial charge in [-0.25, -0.2) is 4.79 Å². The van der Waals surface area contributed by atoms with Gasteiger partial charge in [-0.2, -0.15) is 0 Å². The second-order valence-electron chi connectivity index (χ2n) is 6.64. The van der Waals surface area contributed by atoms with Crippen molar-refractivity contribution in [2.24, 2.45) is 5.92 Å². The number of nitrogens with zero attached hydrogens (tertiary/aromatic N) is 2. The van der Waals surface area contributed by atoms with Gasteiger partial charge in [-0.3, -0.25) is 19.7 Å². The molecule has 1 N–H and O–H groups in total. The summed E-state index contributed by atoms with van der Waals surface area (Å²) < 4.78 is 10.2. The van der Waals surface area contributed by atoms with E-state index in [-0.39, 0.29) is 34.7 Å². The monoisotopic (exact) mass is 407 g/mol. The van der Waals surface area contributed by atoms with Crippen LogP contribution in [0.5, 0.6) is 0 Å². The molecule has 1 aliphatic heterocycles. The Balaban J connectivity index is 1.96. The van der Waals surface area contributed by atoms with E-state index >= 15 is 0 Å². The van der Waals surface area contributed by atoms with Gasteiger partial charge in [-0.1, -0.05) is 0 Å². The summed E-state index contributed by atoms with van der Waals surface area (Å²) in [5.74, 6) is -1.69. The van der Waals surface area contributed by atoms with Crippen molar-refractivity contribution < 1.29 is 28.8 Å². The fraction of sp³-hybridized carbons (Fsp3) is 0.526. The predicted octanol–water partition coefficient (Wildman–Crippen LogP) is 1.98. The third-order valence-corrected chi connectivity index (χ3v) is 4.76. The van der Waals surface area contributed by atoms with Crippen LogP contribution in [-0.2, 0) is 19.1 Å². The van der Waals surface area contributed by atoms with Gasteiger partial charge < -0.3 is 19.7 Å². The first kappa shape index (κ1) is 22.1. The van der Waals surface area contributed by atoms with E-state index in [0.717, 1.165) is 6.07 Å². The van der Waals surface area contributed by atoms with Crippen molar-refractivity contribution in [1.82, 2.24) is 4.90 Å². The van der Waals surface area contributed by atoms with E-state index in [1.807, 2.05) is 0 Å². The lowest BCUT2D eigenvalue weighted by Gasteiger charge is -2.32. The highest BCUT2D eigenvalue weighted by Gasteiger charge is 2.31. The average molecular weight is 407 g/mol. The van der Waals surface area contributed by atoms with Crippen LogP contribution in [-0.4, -0.2) is 60.5 Å². The molecule has 0 bridgehead atoms. The van der Waals surface area contributed by atoms with Crippen LogP contribution in [0.25, 0.3) is 0 Å². The first-order chi connectivity index (χ1) is 13.8. The number of ether oxygens (including phenoxy) is 2. The SMILES string of the molecule is CCOC(=O)C1CCN(C(=O)C(C)OC(=O)c2ccc(NC)c([N+](=O)[O-])c2)CC1. The third-order valence-electron chi connectivity index (χ3n) is 4.76. The molecular formula is C19H25N3O7. The molecule has 0 aromatic heterocycles. The Morgan fingerprint density at radius 2 is 1.97 bits per heavy atom. The van der Waals surface area contributed by atoms with Crippen LogP contribution in [0.3, 0.4) is 0 Å². The minimum absolute atomic E-state index is 0.0173. The number of hydrogen-bond acceptors (Lipinski definition) is 8. The van der Waals surface area contributed by atoms with E-state index < -0.39 is 17.0 Å². The van der Waals surface area contributed by atoms with E-state index in [0.29, 0.717) is 32.5 Å². The summed E-state index contributed by atoms with van der Waals surface area (Å²) in [5, 5.41) is 13.8.